The predicted octanol–water partition coefficient (Wildman–Crippen LogP) is 4.51. The molecule has 3 aromatic carbocycles. The molecule has 38 heavy (non-hydrogen) atoms. The average Bonchev–Trinajstić information content (AvgIpc) is 3.37. The number of nitrogens with zero attached hydrogens (tertiary/aromatic N) is 2. The zero-order chi connectivity index (χ0) is 27.0. The Morgan fingerprint density at radius 3 is 2.61 bits per heavy atom. The van der Waals surface area contributed by atoms with Crippen molar-refractivity contribution in [3.8, 4) is 0 Å². The van der Waals surface area contributed by atoms with Gasteiger partial charge in [-0.1, -0.05) is 42.8 Å². The summed E-state index contributed by atoms with van der Waals surface area (Å²) >= 11 is 0. The normalized spacial score (nSPS) is 18.6. The molecule has 7 nitrogen and oxygen atoms in total. The Morgan fingerprint density at radius 1 is 1.03 bits per heavy atom. The fraction of sp³-hybridized carbons (Fsp3) is 0.333. The molecule has 1 saturated heterocycles. The zero-order valence-electron chi connectivity index (χ0n) is 22.0. The van der Waals surface area contributed by atoms with Crippen LogP contribution in [0.5, 0.6) is 0 Å². The van der Waals surface area contributed by atoms with Gasteiger partial charge in [-0.05, 0) is 81.2 Å². The first-order valence-electron chi connectivity index (χ1n) is 13.1. The van der Waals surface area contributed by atoms with Crippen molar-refractivity contribution < 1.29 is 18.0 Å². The van der Waals surface area contributed by atoms with E-state index in [2.05, 4.69) is 17.1 Å². The molecule has 0 bridgehead atoms. The number of carbonyl (C=O) groups excluding carboxylic acids is 2. The number of fused-ring (bicyclic) bond motifs is 2. The smallest absolute Gasteiger partial charge is 0.259 e. The summed E-state index contributed by atoms with van der Waals surface area (Å²) in [6.07, 6.45) is 2.15. The monoisotopic (exact) mass is 531 g/mol. The van der Waals surface area contributed by atoms with Crippen molar-refractivity contribution in [3.63, 3.8) is 0 Å². The van der Waals surface area contributed by atoms with Gasteiger partial charge in [-0.2, -0.15) is 0 Å². The van der Waals surface area contributed by atoms with Gasteiger partial charge < -0.3 is 10.2 Å². The molecular weight excluding hydrogens is 498 g/mol. The summed E-state index contributed by atoms with van der Waals surface area (Å²) in [6, 6.07) is 17.1. The molecule has 2 amide bonds. The van der Waals surface area contributed by atoms with Crippen molar-refractivity contribution in [1.29, 1.82) is 0 Å². The van der Waals surface area contributed by atoms with Crippen LogP contribution in [0.25, 0.3) is 0 Å². The van der Waals surface area contributed by atoms with Crippen LogP contribution in [0, 0.1) is 13.8 Å². The number of hydrogen-bond donors (Lipinski definition) is 1. The van der Waals surface area contributed by atoms with E-state index in [0.717, 1.165) is 42.6 Å². The van der Waals surface area contributed by atoms with E-state index in [-0.39, 0.29) is 33.5 Å². The van der Waals surface area contributed by atoms with Gasteiger partial charge in [-0.3, -0.25) is 14.5 Å². The number of likely N-dealkylation sites (tertiary alicyclic amines) is 1. The second kappa shape index (κ2) is 10.3. The number of nitrogens with one attached hydrogen (secondary N) is 1. The van der Waals surface area contributed by atoms with Gasteiger partial charge in [0, 0.05) is 18.2 Å². The van der Waals surface area contributed by atoms with Gasteiger partial charge in [-0.15, -0.1) is 0 Å². The minimum Gasteiger partial charge on any atom is -0.350 e. The van der Waals surface area contributed by atoms with Gasteiger partial charge in [0.2, 0.25) is 9.84 Å². The Balaban J connectivity index is 1.57. The topological polar surface area (TPSA) is 86.8 Å². The highest BCUT2D eigenvalue weighted by molar-refractivity contribution is 7.91. The highest BCUT2D eigenvalue weighted by Gasteiger charge is 2.36. The summed E-state index contributed by atoms with van der Waals surface area (Å²) in [6.45, 7) is 8.74. The molecule has 1 fully saturated rings. The largest absolute Gasteiger partial charge is 0.350 e. The van der Waals surface area contributed by atoms with Crippen molar-refractivity contribution in [2.45, 2.75) is 56.0 Å². The fourth-order valence-corrected chi connectivity index (χ4v) is 7.13. The minimum atomic E-state index is -3.99. The van der Waals surface area contributed by atoms with E-state index in [1.165, 1.54) is 23.1 Å². The van der Waals surface area contributed by atoms with Crippen molar-refractivity contribution in [1.82, 2.24) is 10.2 Å². The number of rotatable bonds is 6. The SMILES string of the molecule is CCN1CCC[C@H]1CNC(=O)c1ccc2c(c1)N(Cc1cc(C)ccc1C)C(=O)c1ccccc1S2(=O)=O. The van der Waals surface area contributed by atoms with Crippen molar-refractivity contribution >= 4 is 27.3 Å². The van der Waals surface area contributed by atoms with E-state index < -0.39 is 15.7 Å². The quantitative estimate of drug-likeness (QED) is 0.506. The average molecular weight is 532 g/mol. The van der Waals surface area contributed by atoms with E-state index in [1.807, 2.05) is 32.0 Å². The lowest BCUT2D eigenvalue weighted by Gasteiger charge is -2.25. The second-order valence-electron chi connectivity index (χ2n) is 10.1. The number of anilines is 1. The van der Waals surface area contributed by atoms with E-state index in [9.17, 15) is 18.0 Å². The second-order valence-corrected chi connectivity index (χ2v) is 12.0. The zero-order valence-corrected chi connectivity index (χ0v) is 22.8. The maximum absolute atomic E-state index is 13.9. The summed E-state index contributed by atoms with van der Waals surface area (Å²) in [5.74, 6) is -0.694. The Labute approximate surface area is 224 Å². The van der Waals surface area contributed by atoms with E-state index in [0.29, 0.717) is 18.2 Å². The van der Waals surface area contributed by atoms with Crippen LogP contribution < -0.4 is 10.2 Å². The van der Waals surface area contributed by atoms with Crippen LogP contribution in [0.3, 0.4) is 0 Å². The maximum atomic E-state index is 13.9. The highest BCUT2D eigenvalue weighted by atomic mass is 32.2. The number of sulfone groups is 1. The summed E-state index contributed by atoms with van der Waals surface area (Å²) in [7, 11) is -3.99. The third-order valence-corrected chi connectivity index (χ3v) is 9.55. The van der Waals surface area contributed by atoms with Gasteiger partial charge in [0.15, 0.2) is 0 Å². The molecule has 3 aromatic rings. The fourth-order valence-electron chi connectivity index (χ4n) is 5.50. The van der Waals surface area contributed by atoms with Gasteiger partial charge >= 0.3 is 0 Å². The molecule has 0 unspecified atom stereocenters. The predicted molar refractivity (Wildman–Crippen MR) is 147 cm³/mol. The Hall–Kier alpha value is -3.49. The molecule has 1 N–H and O–H groups in total. The van der Waals surface area contributed by atoms with Gasteiger partial charge in [0.05, 0.1) is 27.6 Å². The standard InChI is InChI=1S/C30H33N3O4S/c1-4-32-15-7-8-24(32)18-31-29(34)22-13-14-28-26(17-22)33(19-23-16-20(2)11-12-21(23)3)30(35)25-9-5-6-10-27(25)38(28,36)37/h5-6,9-14,16-17,24H,4,7-8,15,18-19H2,1-3H3,(H,31,34)/t24-/m0/s1. The molecule has 5 rings (SSSR count). The number of likely N-dealkylation sites (N-methyl/N-ethyl adjacent to an activating group) is 1. The molecular formula is C30H33N3O4S. The molecule has 2 heterocycles. The van der Waals surface area contributed by atoms with Crippen LogP contribution in [0.15, 0.2) is 70.5 Å². The molecule has 0 saturated carbocycles. The van der Waals surface area contributed by atoms with Crippen molar-refractivity contribution in [2.24, 2.45) is 0 Å². The molecule has 0 aromatic heterocycles. The molecule has 0 spiro atoms. The Morgan fingerprint density at radius 2 is 1.82 bits per heavy atom. The van der Waals surface area contributed by atoms with Crippen LogP contribution in [-0.4, -0.2) is 50.8 Å². The summed E-state index contributed by atoms with van der Waals surface area (Å²) in [5, 5.41) is 3.02. The number of amides is 2. The Kier molecular flexibility index (Phi) is 7.11. The molecule has 2 aliphatic heterocycles. The summed E-state index contributed by atoms with van der Waals surface area (Å²) in [5.41, 5.74) is 3.62. The van der Waals surface area contributed by atoms with Crippen LogP contribution >= 0.6 is 0 Å². The Bertz CT molecular complexity index is 1520. The first kappa shape index (κ1) is 26.1. The lowest BCUT2D eigenvalue weighted by atomic mass is 10.0. The van der Waals surface area contributed by atoms with Crippen molar-refractivity contribution in [2.75, 3.05) is 24.5 Å². The molecule has 0 radical (unpaired) electrons. The third-order valence-electron chi connectivity index (χ3n) is 7.69. The molecule has 2 aliphatic rings. The maximum Gasteiger partial charge on any atom is 0.259 e. The van der Waals surface area contributed by atoms with E-state index in [4.69, 9.17) is 0 Å². The summed E-state index contributed by atoms with van der Waals surface area (Å²) in [4.78, 5) is 30.9. The van der Waals surface area contributed by atoms with Gasteiger partial charge in [0.1, 0.15) is 0 Å². The number of hydrogen-bond acceptors (Lipinski definition) is 5. The first-order valence-corrected chi connectivity index (χ1v) is 14.6. The minimum absolute atomic E-state index is 0.0191. The summed E-state index contributed by atoms with van der Waals surface area (Å²) < 4.78 is 27.5. The van der Waals surface area contributed by atoms with Gasteiger partial charge in [-0.25, -0.2) is 8.42 Å². The lowest BCUT2D eigenvalue weighted by molar-refractivity contribution is 0.0938. The van der Waals surface area contributed by atoms with Crippen LogP contribution in [0.2, 0.25) is 0 Å². The lowest BCUT2D eigenvalue weighted by Crippen LogP contribution is -2.40. The van der Waals surface area contributed by atoms with E-state index >= 15 is 0 Å². The molecule has 1 atom stereocenters. The highest BCUT2D eigenvalue weighted by Crippen LogP contribution is 2.38. The van der Waals surface area contributed by atoms with Crippen molar-refractivity contribution in [3.05, 3.63) is 88.5 Å². The molecule has 198 valence electrons. The number of benzene rings is 3. The molecule has 8 heteroatoms. The van der Waals surface area contributed by atoms with E-state index in [1.54, 1.807) is 24.3 Å². The van der Waals surface area contributed by atoms with Crippen LogP contribution in [0.4, 0.5) is 5.69 Å². The number of carbonyl (C=O) groups is 2. The number of aryl methyl sites for hydroxylation is 2. The van der Waals surface area contributed by atoms with Crippen LogP contribution in [-0.2, 0) is 16.4 Å². The van der Waals surface area contributed by atoms with Gasteiger partial charge in [0.25, 0.3) is 11.8 Å². The third kappa shape index (κ3) is 4.74. The van der Waals surface area contributed by atoms with Crippen LogP contribution in [0.1, 0.15) is 57.2 Å². The molecule has 0 aliphatic carbocycles. The first-order chi connectivity index (χ1) is 18.2.